The van der Waals surface area contributed by atoms with Gasteiger partial charge >= 0.3 is 18.0 Å². The average molecular weight is 464 g/mol. The number of alkyl carbamates (subject to hydrolysis) is 1. The monoisotopic (exact) mass is 463 g/mol. The van der Waals surface area contributed by atoms with E-state index >= 15 is 0 Å². The van der Waals surface area contributed by atoms with E-state index in [1.807, 2.05) is 30.3 Å². The summed E-state index contributed by atoms with van der Waals surface area (Å²) in [6, 6.07) is 8.72. The summed E-state index contributed by atoms with van der Waals surface area (Å²) < 4.78 is 27.1. The fourth-order valence-electron chi connectivity index (χ4n) is 3.33. The lowest BCUT2D eigenvalue weighted by Crippen LogP contribution is -2.47. The summed E-state index contributed by atoms with van der Waals surface area (Å²) in [4.78, 5) is 36.3. The van der Waals surface area contributed by atoms with Gasteiger partial charge in [0.05, 0.1) is 32.7 Å². The van der Waals surface area contributed by atoms with Crippen LogP contribution in [0.4, 0.5) is 4.79 Å². The van der Waals surface area contributed by atoms with Gasteiger partial charge in [-0.15, -0.1) is 0 Å². The van der Waals surface area contributed by atoms with Crippen LogP contribution in [-0.2, 0) is 39.7 Å². The molecule has 1 amide bonds. The van der Waals surface area contributed by atoms with Gasteiger partial charge in [-0.2, -0.15) is 0 Å². The zero-order chi connectivity index (χ0) is 24.4. The van der Waals surface area contributed by atoms with Gasteiger partial charge < -0.3 is 29.0 Å². The minimum absolute atomic E-state index is 0.0825. The first-order valence-corrected chi connectivity index (χ1v) is 10.8. The van der Waals surface area contributed by atoms with Crippen LogP contribution in [0.1, 0.15) is 33.3 Å². The fourth-order valence-corrected chi connectivity index (χ4v) is 3.33. The topological polar surface area (TPSA) is 109 Å². The molecule has 4 atom stereocenters. The number of methoxy groups -OCH3 is 1. The van der Waals surface area contributed by atoms with E-state index in [2.05, 4.69) is 10.1 Å². The molecule has 1 aliphatic rings. The van der Waals surface area contributed by atoms with E-state index in [0.717, 1.165) is 11.6 Å². The normalized spacial score (nSPS) is 24.1. The molecule has 0 unspecified atom stereocenters. The second-order valence-electron chi connectivity index (χ2n) is 8.75. The molecule has 1 fully saturated rings. The Morgan fingerprint density at radius 1 is 1.18 bits per heavy atom. The molecule has 1 aromatic carbocycles. The van der Waals surface area contributed by atoms with E-state index < -0.39 is 41.9 Å². The Morgan fingerprint density at radius 2 is 1.88 bits per heavy atom. The molecule has 0 aromatic heterocycles. The van der Waals surface area contributed by atoms with Crippen molar-refractivity contribution in [1.82, 2.24) is 5.32 Å². The van der Waals surface area contributed by atoms with Crippen LogP contribution in [0, 0.1) is 5.92 Å². The Labute approximate surface area is 194 Å². The summed E-state index contributed by atoms with van der Waals surface area (Å²) >= 11 is 0. The molecule has 0 aliphatic carbocycles. The second-order valence-corrected chi connectivity index (χ2v) is 8.75. The van der Waals surface area contributed by atoms with Crippen LogP contribution in [0.25, 0.3) is 0 Å². The maximum absolute atomic E-state index is 12.8. The van der Waals surface area contributed by atoms with Crippen LogP contribution in [0.3, 0.4) is 0 Å². The van der Waals surface area contributed by atoms with Crippen molar-refractivity contribution in [1.29, 1.82) is 0 Å². The molecule has 9 heteroatoms. The van der Waals surface area contributed by atoms with Crippen LogP contribution in [-0.4, -0.2) is 62.2 Å². The number of esters is 2. The Bertz CT molecular complexity index is 818. The molecule has 33 heavy (non-hydrogen) atoms. The van der Waals surface area contributed by atoms with Gasteiger partial charge in [-0.05, 0) is 39.7 Å². The largest absolute Gasteiger partial charge is 0.494 e. The van der Waals surface area contributed by atoms with E-state index in [9.17, 15) is 14.4 Å². The number of benzene rings is 1. The van der Waals surface area contributed by atoms with Crippen molar-refractivity contribution in [3.63, 3.8) is 0 Å². The van der Waals surface area contributed by atoms with Crippen molar-refractivity contribution < 1.29 is 38.1 Å². The van der Waals surface area contributed by atoms with Crippen molar-refractivity contribution in [3.8, 4) is 0 Å². The molecule has 1 aromatic rings. The third kappa shape index (κ3) is 9.13. The van der Waals surface area contributed by atoms with Gasteiger partial charge in [0.25, 0.3) is 0 Å². The van der Waals surface area contributed by atoms with Crippen LogP contribution in [0.5, 0.6) is 0 Å². The van der Waals surface area contributed by atoms with E-state index in [0.29, 0.717) is 6.42 Å². The molecule has 1 N–H and O–H groups in total. The minimum atomic E-state index is -1.04. The summed E-state index contributed by atoms with van der Waals surface area (Å²) in [6.07, 6.45) is 0.911. The van der Waals surface area contributed by atoms with Crippen LogP contribution >= 0.6 is 0 Å². The Balaban J connectivity index is 2.19. The summed E-state index contributed by atoms with van der Waals surface area (Å²) in [5.74, 6) is -1.45. The zero-order valence-corrected chi connectivity index (χ0v) is 19.7. The van der Waals surface area contributed by atoms with Gasteiger partial charge in [-0.1, -0.05) is 30.3 Å². The molecule has 0 radical (unpaired) electrons. The van der Waals surface area contributed by atoms with Crippen molar-refractivity contribution in [2.75, 3.05) is 20.3 Å². The maximum atomic E-state index is 12.8. The highest BCUT2D eigenvalue weighted by molar-refractivity contribution is 5.82. The molecule has 1 saturated heterocycles. The minimum Gasteiger partial charge on any atom is -0.494 e. The first-order chi connectivity index (χ1) is 15.6. The number of carbonyl (C=O) groups excluding carboxylic acids is 3. The predicted octanol–water partition coefficient (Wildman–Crippen LogP) is 2.77. The molecule has 1 heterocycles. The summed E-state index contributed by atoms with van der Waals surface area (Å²) in [5, 5.41) is 2.51. The number of amides is 1. The Hall–Kier alpha value is -3.07. The third-order valence-corrected chi connectivity index (χ3v) is 4.80. The quantitative estimate of drug-likeness (QED) is 0.297. The number of hydrogen-bond donors (Lipinski definition) is 1. The fraction of sp³-hybridized carbons (Fsp3) is 0.542. The van der Waals surface area contributed by atoms with Crippen molar-refractivity contribution >= 4 is 18.0 Å². The number of hydrogen-bond acceptors (Lipinski definition) is 8. The number of carbonyl (C=O) groups is 3. The van der Waals surface area contributed by atoms with Crippen LogP contribution in [0.15, 0.2) is 42.7 Å². The molecule has 1 aliphatic heterocycles. The summed E-state index contributed by atoms with van der Waals surface area (Å²) in [5.41, 5.74) is 0.338. The smallest absolute Gasteiger partial charge is 0.408 e. The van der Waals surface area contributed by atoms with Gasteiger partial charge in [-0.3, -0.25) is 0 Å². The molecule has 0 bridgehead atoms. The molecular formula is C24H33NO8. The summed E-state index contributed by atoms with van der Waals surface area (Å²) in [6.45, 7) is 7.03. The average Bonchev–Trinajstić information content (AvgIpc) is 2.78. The molecule has 182 valence electrons. The van der Waals surface area contributed by atoms with Crippen molar-refractivity contribution in [2.24, 2.45) is 5.92 Å². The highest BCUT2D eigenvalue weighted by atomic mass is 16.6. The lowest BCUT2D eigenvalue weighted by Gasteiger charge is -2.30. The van der Waals surface area contributed by atoms with Crippen molar-refractivity contribution in [3.05, 3.63) is 48.2 Å². The molecule has 0 saturated carbocycles. The second kappa shape index (κ2) is 12.2. The first kappa shape index (κ1) is 26.2. The lowest BCUT2D eigenvalue weighted by atomic mass is 9.91. The van der Waals surface area contributed by atoms with Gasteiger partial charge in [0.1, 0.15) is 17.8 Å². The number of rotatable bonds is 6. The van der Waals surface area contributed by atoms with Crippen LogP contribution < -0.4 is 5.32 Å². The van der Waals surface area contributed by atoms with Crippen molar-refractivity contribution in [2.45, 2.75) is 58.0 Å². The van der Waals surface area contributed by atoms with Gasteiger partial charge in [0.15, 0.2) is 6.04 Å². The highest BCUT2D eigenvalue weighted by Crippen LogP contribution is 2.23. The summed E-state index contributed by atoms with van der Waals surface area (Å²) in [7, 11) is 1.26. The number of cyclic esters (lactones) is 1. The molecule has 0 spiro atoms. The molecule has 9 nitrogen and oxygen atoms in total. The Morgan fingerprint density at radius 3 is 2.52 bits per heavy atom. The molecule has 2 rings (SSSR count). The highest BCUT2D eigenvalue weighted by Gasteiger charge is 2.36. The van der Waals surface area contributed by atoms with E-state index in [-0.39, 0.29) is 19.1 Å². The standard InChI is InChI=1S/C24H33NO8/c1-16-21(31-12-11-20(26)29-5)18(13-17-9-7-6-8-10-17)14-30-15-19(22(27)32-16)25-23(28)33-24(2,3)4/h6-12,16,18-19,21H,13-15H2,1-5H3,(H,25,28)/t16-,18+,19-,21-/m0/s1. The third-order valence-electron chi connectivity index (χ3n) is 4.80. The SMILES string of the molecule is COC(=O)C=CO[C@@H]1[C@H](Cc2ccccc2)COC[C@H](NC(=O)OC(C)(C)C)C(=O)O[C@H]1C. The van der Waals surface area contributed by atoms with E-state index in [4.69, 9.17) is 18.9 Å². The number of ether oxygens (including phenoxy) is 5. The number of nitrogens with one attached hydrogen (secondary N) is 1. The zero-order valence-electron chi connectivity index (χ0n) is 19.7. The lowest BCUT2D eigenvalue weighted by molar-refractivity contribution is -0.157. The maximum Gasteiger partial charge on any atom is 0.408 e. The van der Waals surface area contributed by atoms with Crippen LogP contribution in [0.2, 0.25) is 0 Å². The molecular weight excluding hydrogens is 430 g/mol. The van der Waals surface area contributed by atoms with Gasteiger partial charge in [0, 0.05) is 5.92 Å². The first-order valence-electron chi connectivity index (χ1n) is 10.8. The Kier molecular flexibility index (Phi) is 9.72. The predicted molar refractivity (Wildman–Crippen MR) is 119 cm³/mol. The van der Waals surface area contributed by atoms with Gasteiger partial charge in [-0.25, -0.2) is 14.4 Å². The van der Waals surface area contributed by atoms with E-state index in [1.165, 1.54) is 13.4 Å². The van der Waals surface area contributed by atoms with Gasteiger partial charge in [0.2, 0.25) is 0 Å². The van der Waals surface area contributed by atoms with E-state index in [1.54, 1.807) is 27.7 Å².